The van der Waals surface area contributed by atoms with E-state index in [0.717, 1.165) is 39.4 Å². The fourth-order valence-electron chi connectivity index (χ4n) is 4.15. The van der Waals surface area contributed by atoms with Crippen LogP contribution in [0.2, 0.25) is 0 Å². The first-order valence-electron chi connectivity index (χ1n) is 10.8. The van der Waals surface area contributed by atoms with Crippen molar-refractivity contribution in [3.63, 3.8) is 0 Å². The van der Waals surface area contributed by atoms with E-state index in [4.69, 9.17) is 4.98 Å². The Bertz CT molecular complexity index is 1130. The minimum atomic E-state index is -0.241. The van der Waals surface area contributed by atoms with Crippen molar-refractivity contribution >= 4 is 27.7 Å². The fraction of sp³-hybridized carbons (Fsp3) is 0.320. The molecule has 7 heteroatoms. The smallest absolute Gasteiger partial charge is 0.254 e. The molecule has 0 aliphatic carbocycles. The molecule has 1 aliphatic heterocycles. The van der Waals surface area contributed by atoms with E-state index >= 15 is 0 Å². The Kier molecular flexibility index (Phi) is 6.84. The molecule has 1 aromatic heterocycles. The standard InChI is InChI=1S/C25H26BrFN4O/c1-3-23-22(15-18-6-4-9-21(27)14-18)24(29-17(2)28-23)30-10-12-31(13-11-30)25(32)19-7-5-8-20(26)16-19/h4-9,14,16H,3,10-13,15H2,1-2H3. The van der Waals surface area contributed by atoms with E-state index in [1.54, 1.807) is 12.1 Å². The largest absolute Gasteiger partial charge is 0.353 e. The molecule has 0 bridgehead atoms. The molecule has 5 nitrogen and oxygen atoms in total. The molecule has 1 amide bonds. The molecule has 2 aromatic carbocycles. The second kappa shape index (κ2) is 9.77. The number of hydrogen-bond donors (Lipinski definition) is 0. The first-order chi connectivity index (χ1) is 15.4. The highest BCUT2D eigenvalue weighted by molar-refractivity contribution is 9.10. The van der Waals surface area contributed by atoms with Crippen molar-refractivity contribution in [2.75, 3.05) is 31.1 Å². The van der Waals surface area contributed by atoms with Gasteiger partial charge in [-0.25, -0.2) is 14.4 Å². The first kappa shape index (κ1) is 22.4. The van der Waals surface area contributed by atoms with Crippen LogP contribution in [0.3, 0.4) is 0 Å². The lowest BCUT2D eigenvalue weighted by molar-refractivity contribution is 0.0746. The molecule has 2 heterocycles. The molecule has 0 atom stereocenters. The predicted octanol–water partition coefficient (Wildman–Crippen LogP) is 4.80. The number of carbonyl (C=O) groups is 1. The molecule has 1 saturated heterocycles. The van der Waals surface area contributed by atoms with Crippen LogP contribution < -0.4 is 4.90 Å². The normalized spacial score (nSPS) is 14.0. The Morgan fingerprint density at radius 3 is 2.50 bits per heavy atom. The summed E-state index contributed by atoms with van der Waals surface area (Å²) in [7, 11) is 0. The van der Waals surface area contributed by atoms with Crippen molar-refractivity contribution in [2.24, 2.45) is 0 Å². The van der Waals surface area contributed by atoms with E-state index in [-0.39, 0.29) is 11.7 Å². The van der Waals surface area contributed by atoms with Crippen molar-refractivity contribution < 1.29 is 9.18 Å². The Hall–Kier alpha value is -2.80. The number of piperazine rings is 1. The summed E-state index contributed by atoms with van der Waals surface area (Å²) >= 11 is 3.44. The summed E-state index contributed by atoms with van der Waals surface area (Å²) in [6.07, 6.45) is 1.36. The van der Waals surface area contributed by atoms with Crippen LogP contribution in [0.25, 0.3) is 0 Å². The molecule has 0 spiro atoms. The Morgan fingerprint density at radius 2 is 1.81 bits per heavy atom. The summed E-state index contributed by atoms with van der Waals surface area (Å²) in [6, 6.07) is 14.2. The number of benzene rings is 2. The van der Waals surface area contributed by atoms with Crippen molar-refractivity contribution in [3.8, 4) is 0 Å². The molecular weight excluding hydrogens is 471 g/mol. The average Bonchev–Trinajstić information content (AvgIpc) is 2.79. The maximum atomic E-state index is 13.8. The maximum absolute atomic E-state index is 13.8. The Balaban J connectivity index is 1.56. The van der Waals surface area contributed by atoms with Gasteiger partial charge in [0.2, 0.25) is 0 Å². The fourth-order valence-corrected chi connectivity index (χ4v) is 4.55. The van der Waals surface area contributed by atoms with Crippen molar-refractivity contribution in [2.45, 2.75) is 26.7 Å². The molecule has 32 heavy (non-hydrogen) atoms. The van der Waals surface area contributed by atoms with Crippen molar-refractivity contribution in [1.29, 1.82) is 0 Å². The second-order valence-corrected chi connectivity index (χ2v) is 8.89. The molecule has 1 aliphatic rings. The van der Waals surface area contributed by atoms with Gasteiger partial charge in [0.05, 0.1) is 0 Å². The highest BCUT2D eigenvalue weighted by Crippen LogP contribution is 2.26. The highest BCUT2D eigenvalue weighted by Gasteiger charge is 2.26. The number of aryl methyl sites for hydroxylation is 2. The van der Waals surface area contributed by atoms with Crippen LogP contribution in [-0.2, 0) is 12.8 Å². The molecule has 0 unspecified atom stereocenters. The molecule has 0 radical (unpaired) electrons. The lowest BCUT2D eigenvalue weighted by atomic mass is 10.0. The quantitative estimate of drug-likeness (QED) is 0.508. The number of aromatic nitrogens is 2. The minimum Gasteiger partial charge on any atom is -0.353 e. The first-order valence-corrected chi connectivity index (χ1v) is 11.6. The summed E-state index contributed by atoms with van der Waals surface area (Å²) in [5.74, 6) is 1.43. The van der Waals surface area contributed by atoms with Gasteiger partial charge < -0.3 is 9.80 Å². The van der Waals surface area contributed by atoms with Crippen LogP contribution in [0.4, 0.5) is 10.2 Å². The summed E-state index contributed by atoms with van der Waals surface area (Å²) in [5.41, 5.74) is 3.61. The lowest BCUT2D eigenvalue weighted by Gasteiger charge is -2.36. The number of anilines is 1. The maximum Gasteiger partial charge on any atom is 0.254 e. The van der Waals surface area contributed by atoms with E-state index in [1.165, 1.54) is 6.07 Å². The number of amides is 1. The van der Waals surface area contributed by atoms with E-state index in [0.29, 0.717) is 38.2 Å². The van der Waals surface area contributed by atoms with Gasteiger partial charge >= 0.3 is 0 Å². The summed E-state index contributed by atoms with van der Waals surface area (Å²) in [5, 5.41) is 0. The monoisotopic (exact) mass is 496 g/mol. The molecule has 0 saturated carbocycles. The minimum absolute atomic E-state index is 0.0408. The number of rotatable bonds is 5. The zero-order valence-corrected chi connectivity index (χ0v) is 19.9. The second-order valence-electron chi connectivity index (χ2n) is 7.97. The topological polar surface area (TPSA) is 49.3 Å². The van der Waals surface area contributed by atoms with Crippen molar-refractivity contribution in [1.82, 2.24) is 14.9 Å². The van der Waals surface area contributed by atoms with E-state index in [9.17, 15) is 9.18 Å². The van der Waals surface area contributed by atoms with Gasteiger partial charge in [-0.1, -0.05) is 41.1 Å². The summed E-state index contributed by atoms with van der Waals surface area (Å²) in [6.45, 7) is 6.60. The third-order valence-corrected chi connectivity index (χ3v) is 6.22. The van der Waals surface area contributed by atoms with Gasteiger partial charge in [-0.15, -0.1) is 0 Å². The van der Waals surface area contributed by atoms with Gasteiger partial charge in [0.25, 0.3) is 5.91 Å². The van der Waals surface area contributed by atoms with Gasteiger partial charge in [-0.3, -0.25) is 4.79 Å². The molecule has 3 aromatic rings. The SMILES string of the molecule is CCc1nc(C)nc(N2CCN(C(=O)c3cccc(Br)c3)CC2)c1Cc1cccc(F)c1. The van der Waals surface area contributed by atoms with Crippen LogP contribution in [0.15, 0.2) is 53.0 Å². The lowest BCUT2D eigenvalue weighted by Crippen LogP contribution is -2.49. The van der Waals surface area contributed by atoms with Crippen LogP contribution in [0.1, 0.15) is 39.9 Å². The van der Waals surface area contributed by atoms with Gasteiger partial charge in [0, 0.05) is 53.9 Å². The zero-order chi connectivity index (χ0) is 22.7. The van der Waals surface area contributed by atoms with Crippen LogP contribution in [0, 0.1) is 12.7 Å². The van der Waals surface area contributed by atoms with Gasteiger partial charge in [-0.2, -0.15) is 0 Å². The van der Waals surface area contributed by atoms with Crippen LogP contribution in [-0.4, -0.2) is 47.0 Å². The number of hydrogen-bond acceptors (Lipinski definition) is 4. The van der Waals surface area contributed by atoms with Crippen LogP contribution in [0.5, 0.6) is 0 Å². The van der Waals surface area contributed by atoms with Gasteiger partial charge in [0.15, 0.2) is 0 Å². The third-order valence-electron chi connectivity index (χ3n) is 5.73. The third kappa shape index (κ3) is 4.99. The molecule has 0 N–H and O–H groups in total. The molecule has 4 rings (SSSR count). The average molecular weight is 497 g/mol. The molecule has 1 fully saturated rings. The van der Waals surface area contributed by atoms with E-state index in [1.807, 2.05) is 42.2 Å². The number of halogens is 2. The van der Waals surface area contributed by atoms with Crippen molar-refractivity contribution in [3.05, 3.63) is 87.0 Å². The zero-order valence-electron chi connectivity index (χ0n) is 18.3. The summed E-state index contributed by atoms with van der Waals surface area (Å²) in [4.78, 5) is 26.5. The van der Waals surface area contributed by atoms with Crippen LogP contribution >= 0.6 is 15.9 Å². The highest BCUT2D eigenvalue weighted by atomic mass is 79.9. The van der Waals surface area contributed by atoms with Gasteiger partial charge in [-0.05, 0) is 49.2 Å². The van der Waals surface area contributed by atoms with Gasteiger partial charge in [0.1, 0.15) is 17.5 Å². The molecular formula is C25H26BrFN4O. The van der Waals surface area contributed by atoms with E-state index < -0.39 is 0 Å². The Labute approximate surface area is 196 Å². The Morgan fingerprint density at radius 1 is 1.06 bits per heavy atom. The summed E-state index contributed by atoms with van der Waals surface area (Å²) < 4.78 is 14.7. The number of carbonyl (C=O) groups excluding carboxylic acids is 1. The molecule has 166 valence electrons. The number of nitrogens with zero attached hydrogens (tertiary/aromatic N) is 4. The predicted molar refractivity (Wildman–Crippen MR) is 128 cm³/mol. The van der Waals surface area contributed by atoms with E-state index in [2.05, 4.69) is 32.7 Å².